The Hall–Kier alpha value is -2.12. The number of primary amides is 1. The molecule has 1 aromatic carbocycles. The Morgan fingerprint density at radius 3 is 2.64 bits per heavy atom. The number of carbonyl (C=O) groups is 2. The fourth-order valence-corrected chi connectivity index (χ4v) is 5.09. The van der Waals surface area contributed by atoms with Gasteiger partial charge in [0.15, 0.2) is 6.61 Å². The molecule has 3 saturated heterocycles. The Kier molecular flexibility index (Phi) is 5.29. The molecule has 1 spiro atoms. The Morgan fingerprint density at radius 1 is 1.25 bits per heavy atom. The maximum absolute atomic E-state index is 12.8. The average Bonchev–Trinajstić information content (AvgIpc) is 2.91. The van der Waals surface area contributed by atoms with Crippen LogP contribution in [0.2, 0.25) is 0 Å². The third-order valence-corrected chi connectivity index (χ3v) is 6.37. The maximum Gasteiger partial charge on any atom is 0.260 e. The summed E-state index contributed by atoms with van der Waals surface area (Å²) >= 11 is 0. The molecule has 28 heavy (non-hydrogen) atoms. The van der Waals surface area contributed by atoms with Gasteiger partial charge < -0.3 is 20.1 Å². The van der Waals surface area contributed by atoms with Crippen molar-refractivity contribution in [1.29, 1.82) is 0 Å². The van der Waals surface area contributed by atoms with Gasteiger partial charge in [0, 0.05) is 25.2 Å². The summed E-state index contributed by atoms with van der Waals surface area (Å²) in [5.41, 5.74) is 6.13. The van der Waals surface area contributed by atoms with Gasteiger partial charge in [0.1, 0.15) is 5.75 Å². The molecule has 3 heterocycles. The second-order valence-corrected chi connectivity index (χ2v) is 8.33. The number of nitrogens with two attached hydrogens (primary N) is 1. The van der Waals surface area contributed by atoms with E-state index in [1.807, 2.05) is 36.1 Å². The summed E-state index contributed by atoms with van der Waals surface area (Å²) < 4.78 is 12.0. The van der Waals surface area contributed by atoms with Crippen LogP contribution in [0.4, 0.5) is 0 Å². The number of hydrogen-bond acceptors (Lipinski definition) is 5. The van der Waals surface area contributed by atoms with Gasteiger partial charge in [-0.1, -0.05) is 18.2 Å². The highest BCUT2D eigenvalue weighted by Crippen LogP contribution is 2.43. The van der Waals surface area contributed by atoms with Crippen LogP contribution in [0.1, 0.15) is 31.2 Å². The molecule has 0 saturated carbocycles. The van der Waals surface area contributed by atoms with Gasteiger partial charge in [0.25, 0.3) is 5.91 Å². The van der Waals surface area contributed by atoms with Crippen molar-refractivity contribution in [2.75, 3.05) is 32.8 Å². The first-order chi connectivity index (χ1) is 13.5. The number of ether oxygens (including phenoxy) is 2. The predicted molar refractivity (Wildman–Crippen MR) is 104 cm³/mol. The number of hydrogen-bond donors (Lipinski definition) is 1. The number of carbonyl (C=O) groups excluding carboxylic acids is 2. The van der Waals surface area contributed by atoms with Crippen molar-refractivity contribution in [1.82, 2.24) is 9.80 Å². The summed E-state index contributed by atoms with van der Waals surface area (Å²) in [6.45, 7) is 4.07. The van der Waals surface area contributed by atoms with Gasteiger partial charge in [-0.3, -0.25) is 14.5 Å². The largest absolute Gasteiger partial charge is 0.484 e. The lowest BCUT2D eigenvalue weighted by atomic mass is 9.84. The number of piperidine rings is 1. The SMILES string of the molecule is Cc1ccccc1OCC(=O)N1CCOC2(C[C@H]3CC[C@@H](C2)N3CC(N)=O)C1. The summed E-state index contributed by atoms with van der Waals surface area (Å²) in [7, 11) is 0. The Balaban J connectivity index is 1.37. The third kappa shape index (κ3) is 3.86. The van der Waals surface area contributed by atoms with E-state index >= 15 is 0 Å². The first-order valence-electron chi connectivity index (χ1n) is 10.1. The van der Waals surface area contributed by atoms with Crippen LogP contribution in [0.15, 0.2) is 24.3 Å². The lowest BCUT2D eigenvalue weighted by Crippen LogP contribution is -2.61. The van der Waals surface area contributed by atoms with E-state index < -0.39 is 0 Å². The number of nitrogens with zero attached hydrogens (tertiary/aromatic N) is 2. The summed E-state index contributed by atoms with van der Waals surface area (Å²) in [6, 6.07) is 8.34. The highest BCUT2D eigenvalue weighted by molar-refractivity contribution is 5.78. The average molecular weight is 387 g/mol. The number of aryl methyl sites for hydroxylation is 1. The van der Waals surface area contributed by atoms with Crippen LogP contribution in [0.3, 0.4) is 0 Å². The van der Waals surface area contributed by atoms with E-state index in [4.69, 9.17) is 15.2 Å². The highest BCUT2D eigenvalue weighted by atomic mass is 16.5. The van der Waals surface area contributed by atoms with Crippen LogP contribution < -0.4 is 10.5 Å². The van der Waals surface area contributed by atoms with Crippen molar-refractivity contribution < 1.29 is 19.1 Å². The number of para-hydroxylation sites is 1. The number of amides is 2. The first kappa shape index (κ1) is 19.2. The van der Waals surface area contributed by atoms with E-state index in [1.165, 1.54) is 0 Å². The molecule has 1 aromatic rings. The quantitative estimate of drug-likeness (QED) is 0.817. The van der Waals surface area contributed by atoms with Crippen LogP contribution in [0.5, 0.6) is 5.75 Å². The first-order valence-corrected chi connectivity index (χ1v) is 10.1. The van der Waals surface area contributed by atoms with Crippen LogP contribution in [-0.4, -0.2) is 72.1 Å². The molecule has 2 N–H and O–H groups in total. The molecule has 3 aliphatic heterocycles. The molecule has 3 atom stereocenters. The van der Waals surface area contributed by atoms with Gasteiger partial charge in [-0.15, -0.1) is 0 Å². The fraction of sp³-hybridized carbons (Fsp3) is 0.619. The van der Waals surface area contributed by atoms with E-state index in [2.05, 4.69) is 4.90 Å². The van der Waals surface area contributed by atoms with Crippen molar-refractivity contribution in [2.45, 2.75) is 50.3 Å². The van der Waals surface area contributed by atoms with Crippen molar-refractivity contribution in [3.8, 4) is 5.75 Å². The van der Waals surface area contributed by atoms with E-state index in [9.17, 15) is 9.59 Å². The molecule has 7 nitrogen and oxygen atoms in total. The molecular weight excluding hydrogens is 358 g/mol. The number of morpholine rings is 1. The van der Waals surface area contributed by atoms with E-state index in [-0.39, 0.29) is 24.0 Å². The molecule has 3 aliphatic rings. The standard InChI is InChI=1S/C21H29N3O4/c1-15-4-2-3-5-18(15)27-13-20(26)23-8-9-28-21(14-23)10-16-6-7-17(11-21)24(16)12-19(22)25/h2-5,16-17H,6-14H2,1H3,(H2,22,25)/t16-,17+,21?. The van der Waals surface area contributed by atoms with Gasteiger partial charge in [0.2, 0.25) is 5.91 Å². The summed E-state index contributed by atoms with van der Waals surface area (Å²) in [5.74, 6) is 0.469. The smallest absolute Gasteiger partial charge is 0.260 e. The van der Waals surface area contributed by atoms with Crippen molar-refractivity contribution in [3.63, 3.8) is 0 Å². The molecule has 2 amide bonds. The zero-order chi connectivity index (χ0) is 19.7. The predicted octanol–water partition coefficient (Wildman–Crippen LogP) is 1.08. The Bertz CT molecular complexity index is 739. The lowest BCUT2D eigenvalue weighted by molar-refractivity contribution is -0.167. The molecule has 3 fully saturated rings. The number of benzene rings is 1. The zero-order valence-electron chi connectivity index (χ0n) is 16.4. The molecule has 7 heteroatoms. The second-order valence-electron chi connectivity index (χ2n) is 8.33. The van der Waals surface area contributed by atoms with Gasteiger partial charge in [0.05, 0.1) is 18.8 Å². The number of fused-ring (bicyclic) bond motifs is 2. The normalized spacial score (nSPS) is 29.8. The molecule has 0 radical (unpaired) electrons. The summed E-state index contributed by atoms with van der Waals surface area (Å²) in [4.78, 5) is 28.3. The maximum atomic E-state index is 12.8. The molecule has 152 valence electrons. The van der Waals surface area contributed by atoms with Crippen LogP contribution in [0.25, 0.3) is 0 Å². The molecule has 1 unspecified atom stereocenters. The monoisotopic (exact) mass is 387 g/mol. The Morgan fingerprint density at radius 2 is 1.96 bits per heavy atom. The highest BCUT2D eigenvalue weighted by Gasteiger charge is 2.51. The minimum atomic E-state index is -0.309. The van der Waals surface area contributed by atoms with Crippen LogP contribution in [0, 0.1) is 6.92 Å². The molecule has 0 aliphatic carbocycles. The van der Waals surface area contributed by atoms with Crippen LogP contribution >= 0.6 is 0 Å². The topological polar surface area (TPSA) is 85.1 Å². The molecule has 2 bridgehead atoms. The molecule has 0 aromatic heterocycles. The van der Waals surface area contributed by atoms with E-state index in [1.54, 1.807) is 0 Å². The fourth-order valence-electron chi connectivity index (χ4n) is 5.09. The zero-order valence-corrected chi connectivity index (χ0v) is 16.4. The summed E-state index contributed by atoms with van der Waals surface area (Å²) in [6.07, 6.45) is 3.82. The molecular formula is C21H29N3O4. The Labute approximate surface area is 165 Å². The number of rotatable bonds is 5. The van der Waals surface area contributed by atoms with Gasteiger partial charge in [-0.2, -0.15) is 0 Å². The second kappa shape index (κ2) is 7.72. The van der Waals surface area contributed by atoms with Crippen molar-refractivity contribution in [3.05, 3.63) is 29.8 Å². The minimum absolute atomic E-state index is 0.00200. The van der Waals surface area contributed by atoms with E-state index in [0.717, 1.165) is 37.0 Å². The van der Waals surface area contributed by atoms with Gasteiger partial charge in [-0.25, -0.2) is 0 Å². The molecule has 4 rings (SSSR count). The van der Waals surface area contributed by atoms with E-state index in [0.29, 0.717) is 38.3 Å². The van der Waals surface area contributed by atoms with Gasteiger partial charge >= 0.3 is 0 Å². The van der Waals surface area contributed by atoms with Gasteiger partial charge in [-0.05, 0) is 44.2 Å². The van der Waals surface area contributed by atoms with Crippen molar-refractivity contribution in [2.24, 2.45) is 5.73 Å². The van der Waals surface area contributed by atoms with Crippen molar-refractivity contribution >= 4 is 11.8 Å². The summed E-state index contributed by atoms with van der Waals surface area (Å²) in [5, 5.41) is 0. The minimum Gasteiger partial charge on any atom is -0.484 e. The van der Waals surface area contributed by atoms with Crippen LogP contribution in [-0.2, 0) is 14.3 Å². The third-order valence-electron chi connectivity index (χ3n) is 6.37. The lowest BCUT2D eigenvalue weighted by Gasteiger charge is -2.50.